The zero-order valence-electron chi connectivity index (χ0n) is 16.9. The van der Waals surface area contributed by atoms with Gasteiger partial charge in [-0.15, -0.1) is 0 Å². The van der Waals surface area contributed by atoms with Gasteiger partial charge >= 0.3 is 0 Å². The predicted molar refractivity (Wildman–Crippen MR) is 110 cm³/mol. The molecule has 5 rings (SSSR count). The van der Waals surface area contributed by atoms with Crippen LogP contribution in [0.15, 0.2) is 29.3 Å². The van der Waals surface area contributed by atoms with Crippen molar-refractivity contribution in [2.75, 3.05) is 0 Å². The Morgan fingerprint density at radius 2 is 1.62 bits per heavy atom. The first-order valence-electron chi connectivity index (χ1n) is 11.2. The third-order valence-electron chi connectivity index (χ3n) is 8.42. The molecule has 0 saturated heterocycles. The van der Waals surface area contributed by atoms with E-state index in [0.717, 1.165) is 5.92 Å². The first-order valence-corrected chi connectivity index (χ1v) is 11.2. The van der Waals surface area contributed by atoms with Crippen LogP contribution in [0.5, 0.6) is 0 Å². The van der Waals surface area contributed by atoms with Gasteiger partial charge in [0.25, 0.3) is 0 Å². The average Bonchev–Trinajstić information content (AvgIpc) is 3.21. The van der Waals surface area contributed by atoms with E-state index in [1.807, 2.05) is 0 Å². The number of fused-ring (bicyclic) bond motifs is 3. The lowest BCUT2D eigenvalue weighted by atomic mass is 9.52. The Morgan fingerprint density at radius 3 is 2.23 bits per heavy atom. The van der Waals surface area contributed by atoms with Crippen molar-refractivity contribution in [3.05, 3.63) is 35.4 Å². The maximum absolute atomic E-state index is 5.55. The number of rotatable bonds is 2. The van der Waals surface area contributed by atoms with Crippen molar-refractivity contribution in [3.8, 4) is 0 Å². The Kier molecular flexibility index (Phi) is 3.89. The second kappa shape index (κ2) is 5.94. The predicted octanol–water partition coefficient (Wildman–Crippen LogP) is 6.88. The first-order chi connectivity index (χ1) is 12.5. The highest BCUT2D eigenvalue weighted by Crippen LogP contribution is 2.66. The minimum absolute atomic E-state index is 0.227. The topological polar surface area (TPSA) is 12.4 Å². The van der Waals surface area contributed by atoms with Crippen LogP contribution in [-0.2, 0) is 0 Å². The van der Waals surface area contributed by atoms with Crippen LogP contribution in [0.1, 0.15) is 102 Å². The molecule has 0 bridgehead atoms. The van der Waals surface area contributed by atoms with Crippen molar-refractivity contribution in [1.82, 2.24) is 0 Å². The summed E-state index contributed by atoms with van der Waals surface area (Å²) < 4.78 is 0. The Bertz CT molecular complexity index is 712. The molecular weight excluding hydrogens is 314 g/mol. The van der Waals surface area contributed by atoms with Crippen molar-refractivity contribution in [2.24, 2.45) is 21.7 Å². The van der Waals surface area contributed by atoms with Crippen LogP contribution in [-0.4, -0.2) is 11.8 Å². The number of hydrogen-bond acceptors (Lipinski definition) is 1. The summed E-state index contributed by atoms with van der Waals surface area (Å²) in [5.74, 6) is 2.34. The van der Waals surface area contributed by atoms with Gasteiger partial charge in [-0.05, 0) is 66.4 Å². The lowest BCUT2D eigenvalue weighted by molar-refractivity contribution is 0.00999. The lowest BCUT2D eigenvalue weighted by Gasteiger charge is -2.53. The summed E-state index contributed by atoms with van der Waals surface area (Å²) in [7, 11) is 0. The van der Waals surface area contributed by atoms with Crippen molar-refractivity contribution in [2.45, 2.75) is 96.4 Å². The van der Waals surface area contributed by atoms with E-state index in [0.29, 0.717) is 23.3 Å². The van der Waals surface area contributed by atoms with Crippen LogP contribution >= 0.6 is 0 Å². The molecule has 3 aliphatic carbocycles. The number of nitrogens with zero attached hydrogens (tertiary/aromatic N) is 1. The second-order valence-electron chi connectivity index (χ2n) is 10.6. The molecule has 0 amide bonds. The van der Waals surface area contributed by atoms with E-state index in [1.165, 1.54) is 63.5 Å². The van der Waals surface area contributed by atoms with E-state index < -0.39 is 0 Å². The standard InChI is InChI=1S/C25H35N/c1-24(2,3)21-14-13-20-18-11-6-7-12-19(18)22(23(20)26-21)25(15-8-16-25)17-9-4-5-10-17/h6-7,11-12,17,20,22-23H,4-5,8-10,13-16H2,1-3H3. The maximum atomic E-state index is 5.55. The van der Waals surface area contributed by atoms with Crippen LogP contribution in [0.25, 0.3) is 0 Å². The molecule has 1 heteroatoms. The van der Waals surface area contributed by atoms with Gasteiger partial charge in [0.1, 0.15) is 0 Å². The van der Waals surface area contributed by atoms with Crippen molar-refractivity contribution < 1.29 is 0 Å². The van der Waals surface area contributed by atoms with Gasteiger partial charge in [0, 0.05) is 17.5 Å². The number of hydrogen-bond donors (Lipinski definition) is 0. The fourth-order valence-electron chi connectivity index (χ4n) is 7.04. The number of benzene rings is 1. The van der Waals surface area contributed by atoms with Crippen LogP contribution in [0, 0.1) is 16.7 Å². The van der Waals surface area contributed by atoms with E-state index in [-0.39, 0.29) is 5.41 Å². The molecule has 0 spiro atoms. The zero-order valence-corrected chi connectivity index (χ0v) is 16.9. The van der Waals surface area contributed by atoms with Crippen molar-refractivity contribution in [3.63, 3.8) is 0 Å². The van der Waals surface area contributed by atoms with Gasteiger partial charge in [-0.25, -0.2) is 0 Å². The highest BCUT2D eigenvalue weighted by molar-refractivity contribution is 5.90. The Balaban J connectivity index is 1.62. The molecule has 4 aliphatic rings. The Hall–Kier alpha value is -1.11. The van der Waals surface area contributed by atoms with Gasteiger partial charge < -0.3 is 0 Å². The summed E-state index contributed by atoms with van der Waals surface area (Å²) in [6, 6.07) is 9.99. The normalized spacial score (nSPS) is 33.3. The van der Waals surface area contributed by atoms with E-state index >= 15 is 0 Å². The van der Waals surface area contributed by atoms with Gasteiger partial charge in [0.15, 0.2) is 0 Å². The van der Waals surface area contributed by atoms with Gasteiger partial charge in [0.2, 0.25) is 0 Å². The van der Waals surface area contributed by atoms with Crippen LogP contribution in [0.2, 0.25) is 0 Å². The van der Waals surface area contributed by atoms with E-state index in [4.69, 9.17) is 4.99 Å². The Labute approximate surface area is 159 Å². The third-order valence-corrected chi connectivity index (χ3v) is 8.42. The fraction of sp³-hybridized carbons (Fsp3) is 0.720. The molecule has 26 heavy (non-hydrogen) atoms. The average molecular weight is 350 g/mol. The smallest absolute Gasteiger partial charge is 0.0641 e. The second-order valence-corrected chi connectivity index (χ2v) is 10.6. The first kappa shape index (κ1) is 17.0. The molecule has 0 aromatic heterocycles. The molecule has 2 saturated carbocycles. The van der Waals surface area contributed by atoms with E-state index in [2.05, 4.69) is 45.0 Å². The zero-order chi connectivity index (χ0) is 17.9. The highest BCUT2D eigenvalue weighted by Gasteiger charge is 2.58. The molecule has 1 aromatic carbocycles. The van der Waals surface area contributed by atoms with Gasteiger partial charge in [-0.2, -0.15) is 0 Å². The molecular formula is C25H35N. The molecule has 1 heterocycles. The molecule has 1 aliphatic heterocycles. The minimum atomic E-state index is 0.227. The van der Waals surface area contributed by atoms with Gasteiger partial charge in [-0.1, -0.05) is 64.3 Å². The molecule has 3 unspecified atom stereocenters. The van der Waals surface area contributed by atoms with Gasteiger partial charge in [-0.3, -0.25) is 4.99 Å². The largest absolute Gasteiger partial charge is 0.289 e. The molecule has 0 radical (unpaired) electrons. The number of aliphatic imine (C=N–C) groups is 1. The van der Waals surface area contributed by atoms with Crippen molar-refractivity contribution in [1.29, 1.82) is 0 Å². The molecule has 2 fully saturated rings. The highest BCUT2D eigenvalue weighted by atomic mass is 14.9. The van der Waals surface area contributed by atoms with Crippen LogP contribution in [0.4, 0.5) is 0 Å². The lowest BCUT2D eigenvalue weighted by Crippen LogP contribution is -2.46. The minimum Gasteiger partial charge on any atom is -0.289 e. The van der Waals surface area contributed by atoms with Crippen LogP contribution < -0.4 is 0 Å². The summed E-state index contributed by atoms with van der Waals surface area (Å²) in [6.45, 7) is 7.08. The summed E-state index contributed by atoms with van der Waals surface area (Å²) in [5, 5.41) is 0. The third kappa shape index (κ3) is 2.38. The monoisotopic (exact) mass is 349 g/mol. The fourth-order valence-corrected chi connectivity index (χ4v) is 7.04. The van der Waals surface area contributed by atoms with Crippen molar-refractivity contribution >= 4 is 5.71 Å². The molecule has 0 N–H and O–H groups in total. The summed E-state index contributed by atoms with van der Waals surface area (Å²) in [6.07, 6.45) is 12.8. The molecule has 3 atom stereocenters. The van der Waals surface area contributed by atoms with Gasteiger partial charge in [0.05, 0.1) is 6.04 Å². The van der Waals surface area contributed by atoms with Crippen LogP contribution in [0.3, 0.4) is 0 Å². The summed E-state index contributed by atoms with van der Waals surface area (Å²) in [5.41, 5.74) is 5.62. The summed E-state index contributed by atoms with van der Waals surface area (Å²) in [4.78, 5) is 5.55. The molecule has 1 nitrogen and oxygen atoms in total. The molecule has 140 valence electrons. The SMILES string of the molecule is CC(C)(C)C1=NC2C(CC1)c1ccccc1C2C1(C2CCCC2)CCC1. The maximum Gasteiger partial charge on any atom is 0.0641 e. The summed E-state index contributed by atoms with van der Waals surface area (Å²) >= 11 is 0. The quantitative estimate of drug-likeness (QED) is 0.552. The molecule has 1 aromatic rings. The van der Waals surface area contributed by atoms with E-state index in [9.17, 15) is 0 Å². The van der Waals surface area contributed by atoms with E-state index in [1.54, 1.807) is 11.1 Å². The Morgan fingerprint density at radius 1 is 0.923 bits per heavy atom.